The number of nitrogens with one attached hydrogen (secondary N) is 1. The summed E-state index contributed by atoms with van der Waals surface area (Å²) in [6.07, 6.45) is 8.49. The molecule has 0 unspecified atom stereocenters. The largest absolute Gasteiger partial charge is 0.492 e. The van der Waals surface area contributed by atoms with Crippen LogP contribution in [0.15, 0.2) is 36.8 Å². The highest BCUT2D eigenvalue weighted by atomic mass is 16.5. The van der Waals surface area contributed by atoms with Gasteiger partial charge in [0, 0.05) is 36.7 Å². The maximum Gasteiger partial charge on any atom is 0.246 e. The number of rotatable bonds is 3. The first-order chi connectivity index (χ1) is 12.2. The standard InChI is InChI=1S/C19H22N4O2/c20-10-14-1-3-17-16(9-14)19(12-25-17)5-7-23(8-6-19)18(24)4-2-15-11-21-13-22-15/h1-4,9,11,13H,5-8,10,12,20H2,(H,21,22). The van der Waals surface area contributed by atoms with Gasteiger partial charge in [0.15, 0.2) is 0 Å². The van der Waals surface area contributed by atoms with E-state index in [1.807, 2.05) is 17.0 Å². The number of carbonyl (C=O) groups is 1. The van der Waals surface area contributed by atoms with Crippen LogP contribution in [0.2, 0.25) is 0 Å². The maximum absolute atomic E-state index is 12.4. The summed E-state index contributed by atoms with van der Waals surface area (Å²) in [6.45, 7) is 2.71. The van der Waals surface area contributed by atoms with Crippen LogP contribution in [-0.2, 0) is 16.8 Å². The highest BCUT2D eigenvalue weighted by Gasteiger charge is 2.43. The van der Waals surface area contributed by atoms with Crippen molar-refractivity contribution in [3.8, 4) is 5.75 Å². The predicted octanol–water partition coefficient (Wildman–Crippen LogP) is 1.83. The Hall–Kier alpha value is -2.60. The Morgan fingerprint density at radius 1 is 1.40 bits per heavy atom. The fourth-order valence-electron chi connectivity index (χ4n) is 3.73. The molecular weight excluding hydrogens is 316 g/mol. The summed E-state index contributed by atoms with van der Waals surface area (Å²) in [6, 6.07) is 6.23. The second-order valence-electron chi connectivity index (χ2n) is 6.77. The van der Waals surface area contributed by atoms with Gasteiger partial charge in [0.2, 0.25) is 5.91 Å². The first-order valence-corrected chi connectivity index (χ1v) is 8.62. The second-order valence-corrected chi connectivity index (χ2v) is 6.77. The summed E-state index contributed by atoms with van der Waals surface area (Å²) < 4.78 is 5.91. The molecule has 0 saturated carbocycles. The molecule has 25 heavy (non-hydrogen) atoms. The summed E-state index contributed by atoms with van der Waals surface area (Å²) in [5.74, 6) is 1.01. The number of H-pyrrole nitrogens is 1. The Morgan fingerprint density at radius 2 is 2.24 bits per heavy atom. The van der Waals surface area contributed by atoms with Crippen molar-refractivity contribution in [2.24, 2.45) is 5.73 Å². The van der Waals surface area contributed by atoms with E-state index in [0.29, 0.717) is 13.2 Å². The molecule has 0 aliphatic carbocycles. The number of carbonyl (C=O) groups excluding carboxylic acids is 1. The minimum Gasteiger partial charge on any atom is -0.492 e. The van der Waals surface area contributed by atoms with Crippen LogP contribution < -0.4 is 10.5 Å². The lowest BCUT2D eigenvalue weighted by Gasteiger charge is -2.38. The molecule has 1 aromatic carbocycles. The smallest absolute Gasteiger partial charge is 0.246 e. The molecule has 1 fully saturated rings. The van der Waals surface area contributed by atoms with Gasteiger partial charge in [0.05, 0.1) is 24.8 Å². The molecule has 3 N–H and O–H groups in total. The molecule has 3 heterocycles. The monoisotopic (exact) mass is 338 g/mol. The van der Waals surface area contributed by atoms with Crippen molar-refractivity contribution in [1.82, 2.24) is 14.9 Å². The average Bonchev–Trinajstić information content (AvgIpc) is 3.29. The number of likely N-dealkylation sites (tertiary alicyclic amines) is 1. The molecule has 1 aromatic heterocycles. The van der Waals surface area contributed by atoms with Gasteiger partial charge in [0.1, 0.15) is 5.75 Å². The van der Waals surface area contributed by atoms with Gasteiger partial charge in [-0.15, -0.1) is 0 Å². The Morgan fingerprint density at radius 3 is 2.96 bits per heavy atom. The van der Waals surface area contributed by atoms with Gasteiger partial charge in [-0.2, -0.15) is 0 Å². The zero-order chi connectivity index (χ0) is 17.3. The number of fused-ring (bicyclic) bond motifs is 2. The van der Waals surface area contributed by atoms with E-state index < -0.39 is 0 Å². The third kappa shape index (κ3) is 2.93. The van der Waals surface area contributed by atoms with E-state index in [9.17, 15) is 4.79 Å². The first-order valence-electron chi connectivity index (χ1n) is 8.62. The third-order valence-electron chi connectivity index (χ3n) is 5.31. The number of benzene rings is 1. The Labute approximate surface area is 146 Å². The number of nitrogens with zero attached hydrogens (tertiary/aromatic N) is 2. The van der Waals surface area contributed by atoms with Crippen molar-refractivity contribution in [1.29, 1.82) is 0 Å². The molecule has 130 valence electrons. The lowest BCUT2D eigenvalue weighted by Crippen LogP contribution is -2.45. The Balaban J connectivity index is 1.45. The van der Waals surface area contributed by atoms with Crippen LogP contribution in [0, 0.1) is 0 Å². The molecule has 0 radical (unpaired) electrons. The van der Waals surface area contributed by atoms with Crippen molar-refractivity contribution in [2.45, 2.75) is 24.8 Å². The lowest BCUT2D eigenvalue weighted by molar-refractivity contribution is -0.127. The molecule has 6 heteroatoms. The molecule has 2 aromatic rings. The number of ether oxygens (including phenoxy) is 1. The molecule has 0 atom stereocenters. The Bertz CT molecular complexity index is 790. The van der Waals surface area contributed by atoms with E-state index in [0.717, 1.165) is 42.9 Å². The number of hydrogen-bond donors (Lipinski definition) is 2. The quantitative estimate of drug-likeness (QED) is 0.836. The first kappa shape index (κ1) is 15.9. The molecule has 0 bridgehead atoms. The summed E-state index contributed by atoms with van der Waals surface area (Å²) >= 11 is 0. The van der Waals surface area contributed by atoms with Crippen molar-refractivity contribution in [3.63, 3.8) is 0 Å². The summed E-state index contributed by atoms with van der Waals surface area (Å²) in [7, 11) is 0. The number of aromatic amines is 1. The SMILES string of the molecule is NCc1ccc2c(c1)C1(CCN(C(=O)C=Cc3cnc[nH]3)CC1)CO2. The van der Waals surface area contributed by atoms with E-state index in [-0.39, 0.29) is 11.3 Å². The van der Waals surface area contributed by atoms with E-state index in [2.05, 4.69) is 16.0 Å². The van der Waals surface area contributed by atoms with Crippen LogP contribution in [0.4, 0.5) is 0 Å². The summed E-state index contributed by atoms with van der Waals surface area (Å²) in [5, 5.41) is 0. The number of imidazole rings is 1. The molecule has 1 amide bonds. The molecule has 2 aliphatic heterocycles. The van der Waals surface area contributed by atoms with Crippen LogP contribution in [0.5, 0.6) is 5.75 Å². The molecule has 6 nitrogen and oxygen atoms in total. The van der Waals surface area contributed by atoms with Crippen LogP contribution in [0.25, 0.3) is 6.08 Å². The lowest BCUT2D eigenvalue weighted by atomic mass is 9.74. The van der Waals surface area contributed by atoms with Crippen molar-refractivity contribution < 1.29 is 9.53 Å². The van der Waals surface area contributed by atoms with Gasteiger partial charge in [0.25, 0.3) is 0 Å². The Kier molecular flexibility index (Phi) is 4.05. The van der Waals surface area contributed by atoms with Gasteiger partial charge in [-0.3, -0.25) is 4.79 Å². The van der Waals surface area contributed by atoms with E-state index in [4.69, 9.17) is 10.5 Å². The van der Waals surface area contributed by atoms with Gasteiger partial charge < -0.3 is 20.4 Å². The fraction of sp³-hybridized carbons (Fsp3) is 0.368. The van der Waals surface area contributed by atoms with Gasteiger partial charge in [-0.25, -0.2) is 4.98 Å². The normalized spacial score (nSPS) is 18.5. The van der Waals surface area contributed by atoms with E-state index >= 15 is 0 Å². The van der Waals surface area contributed by atoms with Gasteiger partial charge in [-0.1, -0.05) is 12.1 Å². The number of aromatic nitrogens is 2. The molecule has 1 saturated heterocycles. The minimum atomic E-state index is 0.0182. The molecular formula is C19H22N4O2. The number of piperidine rings is 1. The van der Waals surface area contributed by atoms with Crippen molar-refractivity contribution in [3.05, 3.63) is 53.6 Å². The summed E-state index contributed by atoms with van der Waals surface area (Å²) in [4.78, 5) is 21.2. The number of hydrogen-bond acceptors (Lipinski definition) is 4. The van der Waals surface area contributed by atoms with Gasteiger partial charge >= 0.3 is 0 Å². The minimum absolute atomic E-state index is 0.0182. The van der Waals surface area contributed by atoms with Crippen LogP contribution in [-0.4, -0.2) is 40.5 Å². The average molecular weight is 338 g/mol. The second kappa shape index (κ2) is 6.37. The fourth-order valence-corrected chi connectivity index (χ4v) is 3.73. The van der Waals surface area contributed by atoms with Crippen molar-refractivity contribution >= 4 is 12.0 Å². The predicted molar refractivity (Wildman–Crippen MR) is 94.9 cm³/mol. The van der Waals surface area contributed by atoms with E-state index in [1.54, 1.807) is 24.7 Å². The van der Waals surface area contributed by atoms with Gasteiger partial charge in [-0.05, 0) is 30.5 Å². The highest BCUT2D eigenvalue weighted by Crippen LogP contribution is 2.45. The molecule has 1 spiro atoms. The summed E-state index contributed by atoms with van der Waals surface area (Å²) in [5.41, 5.74) is 9.02. The number of nitrogens with two attached hydrogens (primary N) is 1. The van der Waals surface area contributed by atoms with Crippen LogP contribution in [0.1, 0.15) is 29.7 Å². The zero-order valence-electron chi connectivity index (χ0n) is 14.1. The third-order valence-corrected chi connectivity index (χ3v) is 5.31. The van der Waals surface area contributed by atoms with Crippen LogP contribution in [0.3, 0.4) is 0 Å². The van der Waals surface area contributed by atoms with Crippen LogP contribution >= 0.6 is 0 Å². The van der Waals surface area contributed by atoms with E-state index in [1.165, 1.54) is 5.56 Å². The molecule has 4 rings (SSSR count). The topological polar surface area (TPSA) is 84.2 Å². The maximum atomic E-state index is 12.4. The molecule has 2 aliphatic rings. The zero-order valence-corrected chi connectivity index (χ0v) is 14.1. The number of amides is 1. The van der Waals surface area contributed by atoms with Crippen molar-refractivity contribution in [2.75, 3.05) is 19.7 Å². The highest BCUT2D eigenvalue weighted by molar-refractivity contribution is 5.91.